The van der Waals surface area contributed by atoms with Gasteiger partial charge in [-0.15, -0.1) is 0 Å². The second-order valence-corrected chi connectivity index (χ2v) is 8.19. The van der Waals surface area contributed by atoms with Crippen LogP contribution in [0.25, 0.3) is 0 Å². The number of para-hydroxylation sites is 2. The van der Waals surface area contributed by atoms with Crippen LogP contribution in [0.2, 0.25) is 5.02 Å². The maximum Gasteiger partial charge on any atom is 0.261 e. The third-order valence-corrected chi connectivity index (χ3v) is 5.81. The zero-order valence-corrected chi connectivity index (χ0v) is 18.7. The van der Waals surface area contributed by atoms with Crippen LogP contribution in [0.4, 0.5) is 0 Å². The van der Waals surface area contributed by atoms with Crippen LogP contribution in [0.3, 0.4) is 0 Å². The number of carbonyl (C=O) groups is 2. The van der Waals surface area contributed by atoms with Crippen molar-refractivity contribution in [2.45, 2.75) is 51.2 Å². The molecule has 2 aromatic rings. The van der Waals surface area contributed by atoms with E-state index in [9.17, 15) is 9.59 Å². The molecule has 0 saturated heterocycles. The van der Waals surface area contributed by atoms with Gasteiger partial charge in [0.05, 0.1) is 7.11 Å². The molecule has 1 fully saturated rings. The van der Waals surface area contributed by atoms with E-state index in [0.717, 1.165) is 31.2 Å². The minimum Gasteiger partial charge on any atom is -0.493 e. The summed E-state index contributed by atoms with van der Waals surface area (Å²) in [5.41, 5.74) is 0.885. The van der Waals surface area contributed by atoms with Crippen LogP contribution >= 0.6 is 11.6 Å². The fraction of sp³-hybridized carbons (Fsp3) is 0.417. The molecule has 2 aromatic carbocycles. The Hall–Kier alpha value is -2.73. The van der Waals surface area contributed by atoms with E-state index < -0.39 is 6.04 Å². The van der Waals surface area contributed by atoms with Gasteiger partial charge in [-0.25, -0.2) is 0 Å². The number of carbonyl (C=O) groups excluding carboxylic acids is 2. The summed E-state index contributed by atoms with van der Waals surface area (Å²) in [6.07, 6.45) is 4.22. The van der Waals surface area contributed by atoms with Crippen LogP contribution < -0.4 is 14.8 Å². The smallest absolute Gasteiger partial charge is 0.261 e. The SMILES string of the molecule is COc1ccccc1OCC(=O)N(Cc1ccc(Cl)cc1)C(C)C(=O)NC1CCCC1. The van der Waals surface area contributed by atoms with Crippen LogP contribution in [-0.2, 0) is 16.1 Å². The van der Waals surface area contributed by atoms with Gasteiger partial charge in [-0.1, -0.05) is 48.7 Å². The van der Waals surface area contributed by atoms with Gasteiger partial charge in [0.1, 0.15) is 6.04 Å². The van der Waals surface area contributed by atoms with Crippen molar-refractivity contribution in [3.05, 3.63) is 59.1 Å². The predicted molar refractivity (Wildman–Crippen MR) is 120 cm³/mol. The van der Waals surface area contributed by atoms with E-state index in [0.29, 0.717) is 16.5 Å². The Kier molecular flexibility index (Phi) is 8.18. The molecular weight excluding hydrogens is 416 g/mol. The molecule has 7 heteroatoms. The van der Waals surface area contributed by atoms with Gasteiger partial charge in [0, 0.05) is 17.6 Å². The highest BCUT2D eigenvalue weighted by molar-refractivity contribution is 6.30. The molecule has 31 heavy (non-hydrogen) atoms. The van der Waals surface area contributed by atoms with Gasteiger partial charge in [0.15, 0.2) is 18.1 Å². The fourth-order valence-electron chi connectivity index (χ4n) is 3.72. The summed E-state index contributed by atoms with van der Waals surface area (Å²) in [6, 6.07) is 14.0. The van der Waals surface area contributed by atoms with E-state index in [1.165, 1.54) is 0 Å². The number of benzene rings is 2. The lowest BCUT2D eigenvalue weighted by molar-refractivity contribution is -0.142. The largest absolute Gasteiger partial charge is 0.493 e. The van der Waals surface area contributed by atoms with Crippen LogP contribution in [-0.4, -0.2) is 42.5 Å². The molecule has 0 aliphatic heterocycles. The topological polar surface area (TPSA) is 67.9 Å². The molecule has 1 saturated carbocycles. The quantitative estimate of drug-likeness (QED) is 0.629. The van der Waals surface area contributed by atoms with Crippen LogP contribution in [0.15, 0.2) is 48.5 Å². The lowest BCUT2D eigenvalue weighted by Crippen LogP contribution is -2.50. The highest BCUT2D eigenvalue weighted by Crippen LogP contribution is 2.26. The number of nitrogens with zero attached hydrogens (tertiary/aromatic N) is 1. The van der Waals surface area contributed by atoms with E-state index in [2.05, 4.69) is 5.32 Å². The summed E-state index contributed by atoms with van der Waals surface area (Å²) in [7, 11) is 1.55. The minimum atomic E-state index is -0.634. The number of rotatable bonds is 9. The van der Waals surface area contributed by atoms with Crippen molar-refractivity contribution in [3.8, 4) is 11.5 Å². The number of amides is 2. The van der Waals surface area contributed by atoms with Crippen molar-refractivity contribution >= 4 is 23.4 Å². The van der Waals surface area contributed by atoms with Gasteiger partial charge in [0.25, 0.3) is 5.91 Å². The molecule has 166 valence electrons. The van der Waals surface area contributed by atoms with E-state index in [1.807, 2.05) is 24.3 Å². The summed E-state index contributed by atoms with van der Waals surface area (Å²) in [4.78, 5) is 27.5. The number of halogens is 1. The molecule has 1 atom stereocenters. The second-order valence-electron chi connectivity index (χ2n) is 7.75. The van der Waals surface area contributed by atoms with Crippen molar-refractivity contribution in [2.24, 2.45) is 0 Å². The third-order valence-electron chi connectivity index (χ3n) is 5.56. The first-order chi connectivity index (χ1) is 15.0. The highest BCUT2D eigenvalue weighted by atomic mass is 35.5. The number of hydrogen-bond acceptors (Lipinski definition) is 4. The summed E-state index contributed by atoms with van der Waals surface area (Å²) in [5, 5.41) is 3.70. The highest BCUT2D eigenvalue weighted by Gasteiger charge is 2.28. The first-order valence-electron chi connectivity index (χ1n) is 10.6. The van der Waals surface area contributed by atoms with Gasteiger partial charge < -0.3 is 19.7 Å². The molecule has 2 amide bonds. The molecule has 6 nitrogen and oxygen atoms in total. The van der Waals surface area contributed by atoms with E-state index >= 15 is 0 Å². The Bertz CT molecular complexity index is 881. The maximum atomic E-state index is 13.1. The average molecular weight is 445 g/mol. The molecular formula is C24H29ClN2O4. The predicted octanol–water partition coefficient (Wildman–Crippen LogP) is 4.20. The molecule has 1 aliphatic rings. The minimum absolute atomic E-state index is 0.147. The molecule has 1 N–H and O–H groups in total. The van der Waals surface area contributed by atoms with Crippen molar-refractivity contribution < 1.29 is 19.1 Å². The number of hydrogen-bond donors (Lipinski definition) is 1. The monoisotopic (exact) mass is 444 g/mol. The lowest BCUT2D eigenvalue weighted by atomic mass is 10.1. The maximum absolute atomic E-state index is 13.1. The lowest BCUT2D eigenvalue weighted by Gasteiger charge is -2.29. The van der Waals surface area contributed by atoms with Crippen LogP contribution in [0.1, 0.15) is 38.2 Å². The van der Waals surface area contributed by atoms with Gasteiger partial charge in [-0.05, 0) is 49.6 Å². The molecule has 1 aliphatic carbocycles. The van der Waals surface area contributed by atoms with E-state index in [-0.39, 0.29) is 31.0 Å². The zero-order chi connectivity index (χ0) is 22.2. The summed E-state index contributed by atoms with van der Waals surface area (Å²) in [6.45, 7) is 1.83. The van der Waals surface area contributed by atoms with Gasteiger partial charge in [0.2, 0.25) is 5.91 Å². The Balaban J connectivity index is 1.72. The first-order valence-corrected chi connectivity index (χ1v) is 11.0. The number of nitrogens with one attached hydrogen (secondary N) is 1. The van der Waals surface area contributed by atoms with E-state index in [4.69, 9.17) is 21.1 Å². The molecule has 0 bridgehead atoms. The Labute approximate surface area is 188 Å². The van der Waals surface area contributed by atoms with Crippen LogP contribution in [0, 0.1) is 0 Å². The fourth-order valence-corrected chi connectivity index (χ4v) is 3.85. The molecule has 1 unspecified atom stereocenters. The molecule has 0 aromatic heterocycles. The normalized spacial score (nSPS) is 14.7. The standard InChI is InChI=1S/C24H29ClN2O4/c1-17(24(29)26-20-7-3-4-8-20)27(15-18-11-13-19(25)14-12-18)23(28)16-31-22-10-6-5-9-21(22)30-2/h5-6,9-14,17,20H,3-4,7-8,15-16H2,1-2H3,(H,26,29). The summed E-state index contributed by atoms with van der Waals surface area (Å²) < 4.78 is 11.0. The zero-order valence-electron chi connectivity index (χ0n) is 18.0. The number of ether oxygens (including phenoxy) is 2. The molecule has 0 spiro atoms. The molecule has 0 radical (unpaired) electrons. The third kappa shape index (κ3) is 6.37. The molecule has 3 rings (SSSR count). The van der Waals surface area contributed by atoms with Crippen molar-refractivity contribution in [1.82, 2.24) is 10.2 Å². The van der Waals surface area contributed by atoms with Crippen LogP contribution in [0.5, 0.6) is 11.5 Å². The van der Waals surface area contributed by atoms with Crippen molar-refractivity contribution in [2.75, 3.05) is 13.7 Å². The summed E-state index contributed by atoms with van der Waals surface area (Å²) >= 11 is 5.99. The Morgan fingerprint density at radius 3 is 2.39 bits per heavy atom. The Morgan fingerprint density at radius 2 is 1.74 bits per heavy atom. The van der Waals surface area contributed by atoms with Gasteiger partial charge in [-0.2, -0.15) is 0 Å². The van der Waals surface area contributed by atoms with E-state index in [1.54, 1.807) is 43.2 Å². The number of methoxy groups -OCH3 is 1. The van der Waals surface area contributed by atoms with Gasteiger partial charge >= 0.3 is 0 Å². The van der Waals surface area contributed by atoms with Gasteiger partial charge in [-0.3, -0.25) is 9.59 Å². The van der Waals surface area contributed by atoms with Crippen molar-refractivity contribution in [1.29, 1.82) is 0 Å². The first kappa shape index (κ1) is 22.9. The average Bonchev–Trinajstić information content (AvgIpc) is 3.29. The molecule has 0 heterocycles. The van der Waals surface area contributed by atoms with Crippen molar-refractivity contribution in [3.63, 3.8) is 0 Å². The Morgan fingerprint density at radius 1 is 1.10 bits per heavy atom. The second kappa shape index (κ2) is 11.0. The summed E-state index contributed by atoms with van der Waals surface area (Å²) in [5.74, 6) is 0.598.